The van der Waals surface area contributed by atoms with Crippen LogP contribution < -0.4 is 10.1 Å². The molecule has 0 bridgehead atoms. The van der Waals surface area contributed by atoms with Gasteiger partial charge in [-0.2, -0.15) is 0 Å². The Bertz CT molecular complexity index is 508. The number of aryl methyl sites for hydroxylation is 1. The van der Waals surface area contributed by atoms with E-state index in [2.05, 4.69) is 55.6 Å². The van der Waals surface area contributed by atoms with Gasteiger partial charge in [0.05, 0.1) is 12.8 Å². The van der Waals surface area contributed by atoms with Gasteiger partial charge in [-0.25, -0.2) is 0 Å². The minimum atomic E-state index is 0.252. The Morgan fingerprint density at radius 1 is 1.06 bits per heavy atom. The molecule has 0 radical (unpaired) electrons. The van der Waals surface area contributed by atoms with Crippen molar-refractivity contribution < 1.29 is 4.74 Å². The molecule has 2 heteroatoms. The number of benzene rings is 2. The van der Waals surface area contributed by atoms with E-state index in [1.54, 1.807) is 7.11 Å². The molecule has 94 valence electrons. The summed E-state index contributed by atoms with van der Waals surface area (Å²) in [7, 11) is 1.70. The summed E-state index contributed by atoms with van der Waals surface area (Å²) in [5, 5.41) is 3.49. The molecule has 2 rings (SSSR count). The van der Waals surface area contributed by atoms with Crippen LogP contribution in [0.2, 0.25) is 0 Å². The summed E-state index contributed by atoms with van der Waals surface area (Å²) in [6.07, 6.45) is 0. The van der Waals surface area contributed by atoms with E-state index < -0.39 is 0 Å². The number of anilines is 1. The third-order valence-electron chi connectivity index (χ3n) is 3.03. The standard InChI is InChI=1S/C16H19NO/c1-12-9-10-16(18-3)15(11-12)17-13(2)14-7-5-4-6-8-14/h4-11,13,17H,1-3H3. The molecular formula is C16H19NO. The van der Waals surface area contributed by atoms with Crippen LogP contribution in [0.15, 0.2) is 48.5 Å². The molecule has 0 saturated carbocycles. The zero-order valence-electron chi connectivity index (χ0n) is 11.1. The zero-order chi connectivity index (χ0) is 13.0. The minimum absolute atomic E-state index is 0.252. The van der Waals surface area contributed by atoms with Crippen molar-refractivity contribution in [1.29, 1.82) is 0 Å². The van der Waals surface area contributed by atoms with Gasteiger partial charge in [0.25, 0.3) is 0 Å². The maximum atomic E-state index is 5.37. The third kappa shape index (κ3) is 2.83. The molecule has 1 atom stereocenters. The Kier molecular flexibility index (Phi) is 3.88. The molecule has 0 spiro atoms. The van der Waals surface area contributed by atoms with Crippen LogP contribution in [0.4, 0.5) is 5.69 Å². The molecule has 0 heterocycles. The summed E-state index contributed by atoms with van der Waals surface area (Å²) in [6, 6.07) is 16.8. The van der Waals surface area contributed by atoms with Crippen LogP contribution in [0.1, 0.15) is 24.1 Å². The van der Waals surface area contributed by atoms with Crippen molar-refractivity contribution in [3.8, 4) is 5.75 Å². The SMILES string of the molecule is COc1ccc(C)cc1NC(C)c1ccccc1. The van der Waals surface area contributed by atoms with Crippen molar-refractivity contribution in [3.05, 3.63) is 59.7 Å². The predicted octanol–water partition coefficient (Wildman–Crippen LogP) is 4.18. The summed E-state index contributed by atoms with van der Waals surface area (Å²) in [4.78, 5) is 0. The highest BCUT2D eigenvalue weighted by Gasteiger charge is 2.08. The molecule has 0 aliphatic carbocycles. The summed E-state index contributed by atoms with van der Waals surface area (Å²) in [6.45, 7) is 4.23. The van der Waals surface area contributed by atoms with Crippen molar-refractivity contribution in [2.75, 3.05) is 12.4 Å². The summed E-state index contributed by atoms with van der Waals surface area (Å²) in [5.41, 5.74) is 3.52. The van der Waals surface area contributed by atoms with E-state index in [4.69, 9.17) is 4.74 Å². The van der Waals surface area contributed by atoms with Gasteiger partial charge in [0.1, 0.15) is 5.75 Å². The lowest BCUT2D eigenvalue weighted by Gasteiger charge is -2.18. The number of methoxy groups -OCH3 is 1. The molecular weight excluding hydrogens is 222 g/mol. The maximum Gasteiger partial charge on any atom is 0.141 e. The van der Waals surface area contributed by atoms with Crippen molar-refractivity contribution in [2.24, 2.45) is 0 Å². The van der Waals surface area contributed by atoms with Gasteiger partial charge in [-0.15, -0.1) is 0 Å². The van der Waals surface area contributed by atoms with Crippen LogP contribution in [0.3, 0.4) is 0 Å². The highest BCUT2D eigenvalue weighted by atomic mass is 16.5. The molecule has 0 saturated heterocycles. The number of hydrogen-bond acceptors (Lipinski definition) is 2. The van der Waals surface area contributed by atoms with Crippen molar-refractivity contribution in [1.82, 2.24) is 0 Å². The Morgan fingerprint density at radius 3 is 2.44 bits per heavy atom. The van der Waals surface area contributed by atoms with E-state index in [-0.39, 0.29) is 6.04 Å². The number of hydrogen-bond donors (Lipinski definition) is 1. The van der Waals surface area contributed by atoms with Gasteiger partial charge in [-0.1, -0.05) is 36.4 Å². The monoisotopic (exact) mass is 241 g/mol. The molecule has 2 aromatic rings. The van der Waals surface area contributed by atoms with Gasteiger partial charge >= 0.3 is 0 Å². The lowest BCUT2D eigenvalue weighted by atomic mass is 10.1. The maximum absolute atomic E-state index is 5.37. The molecule has 0 fully saturated rings. The fourth-order valence-electron chi connectivity index (χ4n) is 1.99. The Labute approximate surface area is 109 Å². The Hall–Kier alpha value is -1.96. The van der Waals surface area contributed by atoms with Gasteiger partial charge in [-0.3, -0.25) is 0 Å². The van der Waals surface area contributed by atoms with Crippen LogP contribution >= 0.6 is 0 Å². The van der Waals surface area contributed by atoms with E-state index in [1.807, 2.05) is 12.1 Å². The number of nitrogens with one attached hydrogen (secondary N) is 1. The van der Waals surface area contributed by atoms with Crippen molar-refractivity contribution in [2.45, 2.75) is 19.9 Å². The van der Waals surface area contributed by atoms with Gasteiger partial charge in [0.2, 0.25) is 0 Å². The first-order chi connectivity index (χ1) is 8.70. The molecule has 2 aromatic carbocycles. The van der Waals surface area contributed by atoms with Crippen LogP contribution in [-0.2, 0) is 0 Å². The van der Waals surface area contributed by atoms with Crippen LogP contribution in [-0.4, -0.2) is 7.11 Å². The van der Waals surface area contributed by atoms with E-state index >= 15 is 0 Å². The average molecular weight is 241 g/mol. The van der Waals surface area contributed by atoms with Crippen LogP contribution in [0.25, 0.3) is 0 Å². The van der Waals surface area contributed by atoms with Gasteiger partial charge in [-0.05, 0) is 37.1 Å². The topological polar surface area (TPSA) is 21.3 Å². The molecule has 0 aliphatic rings. The third-order valence-corrected chi connectivity index (χ3v) is 3.03. The Morgan fingerprint density at radius 2 is 1.78 bits per heavy atom. The first-order valence-corrected chi connectivity index (χ1v) is 6.17. The smallest absolute Gasteiger partial charge is 0.141 e. The van der Waals surface area contributed by atoms with Gasteiger partial charge in [0.15, 0.2) is 0 Å². The second kappa shape index (κ2) is 5.58. The molecule has 2 nitrogen and oxygen atoms in total. The molecule has 1 N–H and O–H groups in total. The van der Waals surface area contributed by atoms with Gasteiger partial charge in [0, 0.05) is 6.04 Å². The lowest BCUT2D eigenvalue weighted by molar-refractivity contribution is 0.416. The second-order valence-corrected chi connectivity index (χ2v) is 4.48. The average Bonchev–Trinajstić information content (AvgIpc) is 2.40. The molecule has 1 unspecified atom stereocenters. The Balaban J connectivity index is 2.21. The van der Waals surface area contributed by atoms with Gasteiger partial charge < -0.3 is 10.1 Å². The highest BCUT2D eigenvalue weighted by Crippen LogP contribution is 2.28. The summed E-state index contributed by atoms with van der Waals surface area (Å²) >= 11 is 0. The van der Waals surface area contributed by atoms with Crippen molar-refractivity contribution in [3.63, 3.8) is 0 Å². The summed E-state index contributed by atoms with van der Waals surface area (Å²) < 4.78 is 5.37. The predicted molar refractivity (Wildman–Crippen MR) is 76.2 cm³/mol. The van der Waals surface area contributed by atoms with E-state index in [9.17, 15) is 0 Å². The quantitative estimate of drug-likeness (QED) is 0.867. The largest absolute Gasteiger partial charge is 0.495 e. The summed E-state index contributed by atoms with van der Waals surface area (Å²) in [5.74, 6) is 0.878. The molecule has 0 amide bonds. The lowest BCUT2D eigenvalue weighted by Crippen LogP contribution is -2.07. The van der Waals surface area contributed by atoms with Crippen LogP contribution in [0, 0.1) is 6.92 Å². The van der Waals surface area contributed by atoms with Crippen LogP contribution in [0.5, 0.6) is 5.75 Å². The highest BCUT2D eigenvalue weighted by molar-refractivity contribution is 5.59. The fraction of sp³-hybridized carbons (Fsp3) is 0.250. The van der Waals surface area contributed by atoms with E-state index in [0.29, 0.717) is 0 Å². The first kappa shape index (κ1) is 12.5. The number of ether oxygens (including phenoxy) is 1. The fourth-order valence-corrected chi connectivity index (χ4v) is 1.99. The van der Waals surface area contributed by atoms with E-state index in [0.717, 1.165) is 11.4 Å². The first-order valence-electron chi connectivity index (χ1n) is 6.17. The number of rotatable bonds is 4. The normalized spacial score (nSPS) is 11.9. The van der Waals surface area contributed by atoms with Crippen molar-refractivity contribution >= 4 is 5.69 Å². The second-order valence-electron chi connectivity index (χ2n) is 4.48. The molecule has 0 aromatic heterocycles. The van der Waals surface area contributed by atoms with E-state index in [1.165, 1.54) is 11.1 Å². The molecule has 0 aliphatic heterocycles. The minimum Gasteiger partial charge on any atom is -0.495 e. The zero-order valence-corrected chi connectivity index (χ0v) is 11.1. The molecule has 18 heavy (non-hydrogen) atoms.